The van der Waals surface area contributed by atoms with Crippen LogP contribution in [0.2, 0.25) is 0 Å². The first kappa shape index (κ1) is 18.6. The number of furan rings is 1. The van der Waals surface area contributed by atoms with Crippen molar-refractivity contribution in [1.29, 1.82) is 0 Å². The molecule has 0 fully saturated rings. The molecular weight excluding hydrogens is 350 g/mol. The van der Waals surface area contributed by atoms with E-state index < -0.39 is 5.97 Å². The Bertz CT molecular complexity index is 1020. The lowest BCUT2D eigenvalue weighted by Crippen LogP contribution is -2.26. The van der Waals surface area contributed by atoms with Crippen molar-refractivity contribution in [2.75, 3.05) is 7.05 Å². The molecule has 3 heterocycles. The van der Waals surface area contributed by atoms with E-state index in [0.717, 1.165) is 17.0 Å². The van der Waals surface area contributed by atoms with Crippen LogP contribution in [0.5, 0.6) is 0 Å². The number of aryl methyl sites for hydroxylation is 3. The minimum Gasteiger partial charge on any atom is -0.478 e. The third-order valence-corrected chi connectivity index (χ3v) is 4.60. The summed E-state index contributed by atoms with van der Waals surface area (Å²) in [5, 5.41) is 13.2. The SMILES string of the molecule is Cc1nc2ncnn2c(C)c1CCC(=O)N(C)Cc1cc(C(=O)O)c(C)o1. The number of hydrogen-bond acceptors (Lipinski definition) is 6. The molecule has 3 aromatic heterocycles. The predicted octanol–water partition coefficient (Wildman–Crippen LogP) is 1.93. The van der Waals surface area contributed by atoms with Crippen LogP contribution in [0.1, 0.15) is 45.3 Å². The fourth-order valence-corrected chi connectivity index (χ4v) is 3.10. The van der Waals surface area contributed by atoms with Gasteiger partial charge in [-0.15, -0.1) is 0 Å². The molecule has 0 aliphatic heterocycles. The Kier molecular flexibility index (Phi) is 4.93. The average molecular weight is 371 g/mol. The van der Waals surface area contributed by atoms with E-state index in [2.05, 4.69) is 15.1 Å². The van der Waals surface area contributed by atoms with E-state index >= 15 is 0 Å². The summed E-state index contributed by atoms with van der Waals surface area (Å²) >= 11 is 0. The van der Waals surface area contributed by atoms with Gasteiger partial charge in [-0.2, -0.15) is 10.1 Å². The number of fused-ring (bicyclic) bond motifs is 1. The van der Waals surface area contributed by atoms with E-state index in [-0.39, 0.29) is 18.0 Å². The van der Waals surface area contributed by atoms with E-state index in [0.29, 0.717) is 30.1 Å². The summed E-state index contributed by atoms with van der Waals surface area (Å²) in [5.74, 6) is 0.201. The molecule has 0 radical (unpaired) electrons. The summed E-state index contributed by atoms with van der Waals surface area (Å²) in [6.45, 7) is 5.63. The number of carboxylic acids is 1. The van der Waals surface area contributed by atoms with Gasteiger partial charge in [0.2, 0.25) is 5.91 Å². The molecule has 0 atom stereocenters. The second-order valence-corrected chi connectivity index (χ2v) is 6.47. The van der Waals surface area contributed by atoms with Gasteiger partial charge in [0.25, 0.3) is 5.78 Å². The van der Waals surface area contributed by atoms with Crippen LogP contribution in [0.4, 0.5) is 0 Å². The zero-order valence-corrected chi connectivity index (χ0v) is 15.7. The van der Waals surface area contributed by atoms with Crippen LogP contribution in [0, 0.1) is 20.8 Å². The van der Waals surface area contributed by atoms with Crippen LogP contribution in [-0.4, -0.2) is 48.5 Å². The van der Waals surface area contributed by atoms with Gasteiger partial charge in [-0.25, -0.2) is 14.3 Å². The smallest absolute Gasteiger partial charge is 0.339 e. The second kappa shape index (κ2) is 7.18. The molecule has 0 spiro atoms. The number of carbonyl (C=O) groups excluding carboxylic acids is 1. The maximum absolute atomic E-state index is 12.5. The largest absolute Gasteiger partial charge is 0.478 e. The summed E-state index contributed by atoms with van der Waals surface area (Å²) in [4.78, 5) is 33.6. The lowest BCUT2D eigenvalue weighted by molar-refractivity contribution is -0.130. The molecule has 0 unspecified atom stereocenters. The highest BCUT2D eigenvalue weighted by Gasteiger charge is 2.18. The molecule has 9 heteroatoms. The summed E-state index contributed by atoms with van der Waals surface area (Å²) in [5.41, 5.74) is 2.83. The van der Waals surface area contributed by atoms with Gasteiger partial charge in [-0.05, 0) is 38.8 Å². The highest BCUT2D eigenvalue weighted by Crippen LogP contribution is 2.18. The van der Waals surface area contributed by atoms with Crippen LogP contribution < -0.4 is 0 Å². The molecule has 0 saturated carbocycles. The van der Waals surface area contributed by atoms with E-state index in [9.17, 15) is 9.59 Å². The van der Waals surface area contributed by atoms with Crippen molar-refractivity contribution in [2.45, 2.75) is 40.2 Å². The Hall–Kier alpha value is -3.23. The number of hydrogen-bond donors (Lipinski definition) is 1. The second-order valence-electron chi connectivity index (χ2n) is 6.47. The van der Waals surface area contributed by atoms with Gasteiger partial charge in [0, 0.05) is 24.9 Å². The van der Waals surface area contributed by atoms with Crippen LogP contribution in [-0.2, 0) is 17.8 Å². The summed E-state index contributed by atoms with van der Waals surface area (Å²) in [6.07, 6.45) is 2.28. The normalized spacial score (nSPS) is 11.1. The molecule has 27 heavy (non-hydrogen) atoms. The van der Waals surface area contributed by atoms with E-state index in [4.69, 9.17) is 9.52 Å². The fourth-order valence-electron chi connectivity index (χ4n) is 3.10. The van der Waals surface area contributed by atoms with Crippen LogP contribution in [0.15, 0.2) is 16.8 Å². The van der Waals surface area contributed by atoms with Crippen molar-refractivity contribution in [3.8, 4) is 0 Å². The number of carbonyl (C=O) groups is 2. The van der Waals surface area contributed by atoms with E-state index in [1.165, 1.54) is 17.3 Å². The maximum Gasteiger partial charge on any atom is 0.339 e. The molecule has 0 aliphatic carbocycles. The quantitative estimate of drug-likeness (QED) is 0.704. The monoisotopic (exact) mass is 371 g/mol. The van der Waals surface area contributed by atoms with Crippen LogP contribution in [0.3, 0.4) is 0 Å². The highest BCUT2D eigenvalue weighted by atomic mass is 16.4. The lowest BCUT2D eigenvalue weighted by Gasteiger charge is -2.16. The minimum absolute atomic E-state index is 0.0709. The number of aromatic nitrogens is 4. The third-order valence-electron chi connectivity index (χ3n) is 4.60. The van der Waals surface area contributed by atoms with Crippen molar-refractivity contribution in [2.24, 2.45) is 0 Å². The fraction of sp³-hybridized carbons (Fsp3) is 0.389. The molecule has 0 aliphatic rings. The van der Waals surface area contributed by atoms with Crippen molar-refractivity contribution in [1.82, 2.24) is 24.5 Å². The first-order chi connectivity index (χ1) is 12.8. The Morgan fingerprint density at radius 3 is 2.70 bits per heavy atom. The molecule has 9 nitrogen and oxygen atoms in total. The molecule has 1 N–H and O–H groups in total. The highest BCUT2D eigenvalue weighted by molar-refractivity contribution is 5.88. The van der Waals surface area contributed by atoms with Crippen molar-refractivity contribution in [3.63, 3.8) is 0 Å². The standard InChI is InChI=1S/C18H21N5O4/c1-10-14(11(2)23-18(21-10)19-9-20-23)5-6-16(24)22(4)8-13-7-15(17(25)26)12(3)27-13/h7,9H,5-6,8H2,1-4H3,(H,25,26). The van der Waals surface area contributed by atoms with Gasteiger partial charge in [-0.3, -0.25) is 4.79 Å². The van der Waals surface area contributed by atoms with E-state index in [1.54, 1.807) is 18.5 Å². The van der Waals surface area contributed by atoms with Crippen molar-refractivity contribution >= 4 is 17.7 Å². The minimum atomic E-state index is -1.04. The van der Waals surface area contributed by atoms with Gasteiger partial charge in [0.15, 0.2) is 0 Å². The van der Waals surface area contributed by atoms with Gasteiger partial charge in [0.1, 0.15) is 23.4 Å². The number of amides is 1. The Balaban J connectivity index is 1.67. The van der Waals surface area contributed by atoms with Gasteiger partial charge in [0.05, 0.1) is 6.54 Å². The molecule has 142 valence electrons. The number of carboxylic acid groups (broad SMARTS) is 1. The first-order valence-electron chi connectivity index (χ1n) is 8.50. The van der Waals surface area contributed by atoms with Crippen molar-refractivity contribution in [3.05, 3.63) is 46.4 Å². The molecule has 0 bridgehead atoms. The molecule has 0 saturated heterocycles. The third kappa shape index (κ3) is 3.67. The first-order valence-corrected chi connectivity index (χ1v) is 8.50. The van der Waals surface area contributed by atoms with Crippen LogP contribution >= 0.6 is 0 Å². The Morgan fingerprint density at radius 1 is 1.30 bits per heavy atom. The number of aromatic carboxylic acids is 1. The zero-order valence-electron chi connectivity index (χ0n) is 15.7. The Morgan fingerprint density at radius 2 is 2.04 bits per heavy atom. The predicted molar refractivity (Wildman–Crippen MR) is 95.5 cm³/mol. The summed E-state index contributed by atoms with van der Waals surface area (Å²) in [6, 6.07) is 1.46. The molecule has 1 amide bonds. The van der Waals surface area contributed by atoms with Gasteiger partial charge < -0.3 is 14.4 Å². The average Bonchev–Trinajstić information content (AvgIpc) is 3.20. The van der Waals surface area contributed by atoms with Crippen molar-refractivity contribution < 1.29 is 19.1 Å². The topological polar surface area (TPSA) is 114 Å². The van der Waals surface area contributed by atoms with E-state index in [1.807, 2.05) is 13.8 Å². The molecule has 3 aromatic rings. The summed E-state index contributed by atoms with van der Waals surface area (Å²) in [7, 11) is 1.67. The maximum atomic E-state index is 12.5. The number of rotatable bonds is 6. The molecular formula is C18H21N5O4. The lowest BCUT2D eigenvalue weighted by atomic mass is 10.1. The van der Waals surface area contributed by atoms with Gasteiger partial charge >= 0.3 is 5.97 Å². The number of nitrogens with zero attached hydrogens (tertiary/aromatic N) is 5. The molecule has 3 rings (SSSR count). The van der Waals surface area contributed by atoms with Crippen LogP contribution in [0.25, 0.3) is 5.78 Å². The Labute approximate surface area is 155 Å². The summed E-state index contributed by atoms with van der Waals surface area (Å²) < 4.78 is 7.10. The zero-order chi connectivity index (χ0) is 19.7. The van der Waals surface area contributed by atoms with Gasteiger partial charge in [-0.1, -0.05) is 0 Å². The molecule has 0 aromatic carbocycles.